The SMILES string of the molecule is CC(CCN(C)C)Nc1ccc(N)cc1F. The lowest BCUT2D eigenvalue weighted by atomic mass is 10.2. The van der Waals surface area contributed by atoms with Crippen LogP contribution in [0.1, 0.15) is 13.3 Å². The summed E-state index contributed by atoms with van der Waals surface area (Å²) in [5.41, 5.74) is 6.44. The molecule has 1 aromatic carbocycles. The normalized spacial score (nSPS) is 12.8. The molecule has 0 amide bonds. The van der Waals surface area contributed by atoms with Crippen LogP contribution in [-0.4, -0.2) is 31.6 Å². The van der Waals surface area contributed by atoms with Crippen molar-refractivity contribution in [2.75, 3.05) is 31.7 Å². The van der Waals surface area contributed by atoms with Crippen LogP contribution in [0.25, 0.3) is 0 Å². The fraction of sp³-hybridized carbons (Fsp3) is 0.500. The summed E-state index contributed by atoms with van der Waals surface area (Å²) in [5, 5.41) is 3.14. The summed E-state index contributed by atoms with van der Waals surface area (Å²) in [6.07, 6.45) is 0.969. The molecule has 90 valence electrons. The van der Waals surface area contributed by atoms with E-state index in [1.165, 1.54) is 6.07 Å². The van der Waals surface area contributed by atoms with Crippen LogP contribution in [0.4, 0.5) is 15.8 Å². The first kappa shape index (κ1) is 12.8. The maximum atomic E-state index is 13.5. The number of benzene rings is 1. The van der Waals surface area contributed by atoms with Gasteiger partial charge in [0.2, 0.25) is 0 Å². The predicted octanol–water partition coefficient (Wildman–Crippen LogP) is 2.16. The molecule has 0 fully saturated rings. The van der Waals surface area contributed by atoms with Gasteiger partial charge in [0.05, 0.1) is 5.69 Å². The Morgan fingerprint density at radius 3 is 2.69 bits per heavy atom. The standard InChI is InChI=1S/C12H20FN3/c1-9(6-7-16(2)3)15-12-5-4-10(14)8-11(12)13/h4-5,8-9,15H,6-7,14H2,1-3H3. The van der Waals surface area contributed by atoms with Crippen molar-refractivity contribution >= 4 is 11.4 Å². The molecule has 0 saturated carbocycles. The van der Waals surface area contributed by atoms with Crippen LogP contribution in [-0.2, 0) is 0 Å². The van der Waals surface area contributed by atoms with E-state index >= 15 is 0 Å². The molecule has 0 heterocycles. The summed E-state index contributed by atoms with van der Waals surface area (Å²) < 4.78 is 13.5. The number of nitrogens with two attached hydrogens (primary N) is 1. The molecule has 1 unspecified atom stereocenters. The summed E-state index contributed by atoms with van der Waals surface area (Å²) >= 11 is 0. The summed E-state index contributed by atoms with van der Waals surface area (Å²) in [7, 11) is 4.05. The van der Waals surface area contributed by atoms with Crippen molar-refractivity contribution in [3.63, 3.8) is 0 Å². The molecule has 1 aromatic rings. The molecule has 1 rings (SSSR count). The molecule has 0 spiro atoms. The van der Waals surface area contributed by atoms with Gasteiger partial charge in [0.15, 0.2) is 0 Å². The minimum absolute atomic E-state index is 0.237. The quantitative estimate of drug-likeness (QED) is 0.754. The monoisotopic (exact) mass is 225 g/mol. The second kappa shape index (κ2) is 5.70. The van der Waals surface area contributed by atoms with E-state index in [0.29, 0.717) is 11.4 Å². The Morgan fingerprint density at radius 2 is 2.12 bits per heavy atom. The molecule has 3 nitrogen and oxygen atoms in total. The van der Waals surface area contributed by atoms with Gasteiger partial charge in [0.25, 0.3) is 0 Å². The molecule has 0 bridgehead atoms. The largest absolute Gasteiger partial charge is 0.399 e. The van der Waals surface area contributed by atoms with E-state index in [4.69, 9.17) is 5.73 Å². The lowest BCUT2D eigenvalue weighted by molar-refractivity contribution is 0.390. The van der Waals surface area contributed by atoms with E-state index < -0.39 is 0 Å². The number of anilines is 2. The first-order valence-electron chi connectivity index (χ1n) is 5.45. The Morgan fingerprint density at radius 1 is 1.44 bits per heavy atom. The van der Waals surface area contributed by atoms with E-state index in [1.807, 2.05) is 21.0 Å². The smallest absolute Gasteiger partial charge is 0.148 e. The molecule has 3 N–H and O–H groups in total. The molecule has 0 aliphatic heterocycles. The van der Waals surface area contributed by atoms with Crippen molar-refractivity contribution in [3.8, 4) is 0 Å². The average Bonchev–Trinajstić information content (AvgIpc) is 2.19. The van der Waals surface area contributed by atoms with Gasteiger partial charge >= 0.3 is 0 Å². The maximum Gasteiger partial charge on any atom is 0.148 e. The Bertz CT molecular complexity index is 339. The first-order chi connectivity index (χ1) is 7.49. The molecule has 0 radical (unpaired) electrons. The summed E-state index contributed by atoms with van der Waals surface area (Å²) in [5.74, 6) is -0.295. The Kier molecular flexibility index (Phi) is 4.55. The fourth-order valence-corrected chi connectivity index (χ4v) is 1.44. The lowest BCUT2D eigenvalue weighted by Gasteiger charge is -2.18. The minimum Gasteiger partial charge on any atom is -0.399 e. The Labute approximate surface area is 96.4 Å². The van der Waals surface area contributed by atoms with Gasteiger partial charge in [-0.2, -0.15) is 0 Å². The van der Waals surface area contributed by atoms with Crippen LogP contribution in [0.15, 0.2) is 18.2 Å². The third-order valence-electron chi connectivity index (χ3n) is 2.40. The predicted molar refractivity (Wildman–Crippen MR) is 67.1 cm³/mol. The van der Waals surface area contributed by atoms with E-state index in [2.05, 4.69) is 10.2 Å². The maximum absolute atomic E-state index is 13.5. The molecule has 16 heavy (non-hydrogen) atoms. The number of hydrogen-bond donors (Lipinski definition) is 2. The van der Waals surface area contributed by atoms with Gasteiger partial charge < -0.3 is 16.0 Å². The number of hydrogen-bond acceptors (Lipinski definition) is 3. The highest BCUT2D eigenvalue weighted by atomic mass is 19.1. The molecule has 0 aliphatic carbocycles. The number of nitrogens with zero attached hydrogens (tertiary/aromatic N) is 1. The average molecular weight is 225 g/mol. The molecule has 0 aliphatic rings. The van der Waals surface area contributed by atoms with Gasteiger partial charge in [-0.3, -0.25) is 0 Å². The Balaban J connectivity index is 2.52. The van der Waals surface area contributed by atoms with Gasteiger partial charge in [-0.25, -0.2) is 4.39 Å². The molecule has 4 heteroatoms. The topological polar surface area (TPSA) is 41.3 Å². The minimum atomic E-state index is -0.295. The fourth-order valence-electron chi connectivity index (χ4n) is 1.44. The second-order valence-corrected chi connectivity index (χ2v) is 4.38. The molecule has 0 saturated heterocycles. The van der Waals surface area contributed by atoms with Crippen molar-refractivity contribution in [2.45, 2.75) is 19.4 Å². The number of halogens is 1. The van der Waals surface area contributed by atoms with Crippen molar-refractivity contribution < 1.29 is 4.39 Å². The van der Waals surface area contributed by atoms with E-state index in [1.54, 1.807) is 12.1 Å². The number of rotatable bonds is 5. The second-order valence-electron chi connectivity index (χ2n) is 4.38. The van der Waals surface area contributed by atoms with Gasteiger partial charge in [-0.1, -0.05) is 0 Å². The van der Waals surface area contributed by atoms with E-state index in [0.717, 1.165) is 13.0 Å². The first-order valence-corrected chi connectivity index (χ1v) is 5.45. The van der Waals surface area contributed by atoms with Crippen LogP contribution >= 0.6 is 0 Å². The van der Waals surface area contributed by atoms with Gasteiger partial charge in [0.1, 0.15) is 5.82 Å². The number of nitrogens with one attached hydrogen (secondary N) is 1. The van der Waals surface area contributed by atoms with Crippen LogP contribution in [0.2, 0.25) is 0 Å². The van der Waals surface area contributed by atoms with Crippen LogP contribution in [0.3, 0.4) is 0 Å². The van der Waals surface area contributed by atoms with Gasteiger partial charge in [-0.15, -0.1) is 0 Å². The van der Waals surface area contributed by atoms with Gasteiger partial charge in [0, 0.05) is 11.7 Å². The van der Waals surface area contributed by atoms with Crippen LogP contribution in [0, 0.1) is 5.82 Å². The summed E-state index contributed by atoms with van der Waals surface area (Å²) in [6, 6.07) is 4.95. The van der Waals surface area contributed by atoms with Crippen molar-refractivity contribution in [3.05, 3.63) is 24.0 Å². The molecule has 1 atom stereocenters. The zero-order valence-corrected chi connectivity index (χ0v) is 10.1. The van der Waals surface area contributed by atoms with Gasteiger partial charge in [-0.05, 0) is 52.2 Å². The Hall–Kier alpha value is -1.29. The van der Waals surface area contributed by atoms with Crippen molar-refractivity contribution in [1.82, 2.24) is 4.90 Å². The summed E-state index contributed by atoms with van der Waals surface area (Å²) in [6.45, 7) is 3.02. The highest BCUT2D eigenvalue weighted by molar-refractivity contribution is 5.52. The highest BCUT2D eigenvalue weighted by Crippen LogP contribution is 2.18. The number of nitrogen functional groups attached to an aromatic ring is 1. The lowest BCUT2D eigenvalue weighted by Crippen LogP contribution is -2.23. The van der Waals surface area contributed by atoms with Crippen LogP contribution in [0.5, 0.6) is 0 Å². The molecular weight excluding hydrogens is 205 g/mol. The zero-order valence-electron chi connectivity index (χ0n) is 10.1. The van der Waals surface area contributed by atoms with Crippen molar-refractivity contribution in [1.29, 1.82) is 0 Å². The zero-order chi connectivity index (χ0) is 12.1. The van der Waals surface area contributed by atoms with Crippen molar-refractivity contribution in [2.24, 2.45) is 0 Å². The summed E-state index contributed by atoms with van der Waals surface area (Å²) in [4.78, 5) is 2.11. The third kappa shape index (κ3) is 4.06. The van der Waals surface area contributed by atoms with E-state index in [-0.39, 0.29) is 11.9 Å². The highest BCUT2D eigenvalue weighted by Gasteiger charge is 2.06. The molecule has 0 aromatic heterocycles. The molecular formula is C12H20FN3. The van der Waals surface area contributed by atoms with Crippen LogP contribution < -0.4 is 11.1 Å². The third-order valence-corrected chi connectivity index (χ3v) is 2.40. The van der Waals surface area contributed by atoms with E-state index in [9.17, 15) is 4.39 Å².